The zero-order chi connectivity index (χ0) is 12.0. The summed E-state index contributed by atoms with van der Waals surface area (Å²) < 4.78 is 5.47. The van der Waals surface area contributed by atoms with Crippen molar-refractivity contribution >= 4 is 6.29 Å². The third kappa shape index (κ3) is 3.29. The van der Waals surface area contributed by atoms with Crippen LogP contribution in [0.1, 0.15) is 39.5 Å². The van der Waals surface area contributed by atoms with Gasteiger partial charge >= 0.3 is 0 Å². The molecule has 1 unspecified atom stereocenters. The minimum absolute atomic E-state index is 0.254. The fourth-order valence-corrected chi connectivity index (χ4v) is 2.67. The number of carbonyl (C=O) groups is 1. The average molecular weight is 227 g/mol. The van der Waals surface area contributed by atoms with E-state index >= 15 is 0 Å². The van der Waals surface area contributed by atoms with Gasteiger partial charge in [0.05, 0.1) is 12.0 Å². The maximum Gasteiger partial charge on any atom is 0.129 e. The van der Waals surface area contributed by atoms with Crippen molar-refractivity contribution in [3.05, 3.63) is 0 Å². The second-order valence-electron chi connectivity index (χ2n) is 5.02. The maximum atomic E-state index is 11.3. The zero-order valence-corrected chi connectivity index (χ0v) is 10.9. The maximum absolute atomic E-state index is 11.3. The summed E-state index contributed by atoms with van der Waals surface area (Å²) in [5, 5.41) is 0. The van der Waals surface area contributed by atoms with E-state index in [0.717, 1.165) is 45.1 Å². The lowest BCUT2D eigenvalue weighted by Gasteiger charge is -2.38. The van der Waals surface area contributed by atoms with E-state index in [9.17, 15) is 4.79 Å². The van der Waals surface area contributed by atoms with Gasteiger partial charge in [-0.15, -0.1) is 0 Å². The molecule has 1 rings (SSSR count). The predicted octanol–water partition coefficient (Wildman–Crippen LogP) is 2.10. The van der Waals surface area contributed by atoms with Crippen molar-refractivity contribution < 1.29 is 9.53 Å². The van der Waals surface area contributed by atoms with Crippen LogP contribution in [0, 0.1) is 5.41 Å². The third-order valence-electron chi connectivity index (χ3n) is 3.73. The summed E-state index contributed by atoms with van der Waals surface area (Å²) in [7, 11) is 2.12. The quantitative estimate of drug-likeness (QED) is 0.651. The Morgan fingerprint density at radius 3 is 2.56 bits per heavy atom. The van der Waals surface area contributed by atoms with Crippen LogP contribution in [0.3, 0.4) is 0 Å². The Balaban J connectivity index is 2.57. The molecule has 94 valence electrons. The largest absolute Gasteiger partial charge is 0.380 e. The number of aldehydes is 1. The molecule has 1 saturated heterocycles. The van der Waals surface area contributed by atoms with Gasteiger partial charge in [-0.25, -0.2) is 0 Å². The van der Waals surface area contributed by atoms with Crippen LogP contribution in [0.2, 0.25) is 0 Å². The SMILES string of the molecule is CCC(CC)N(C)CC1(C=O)CCCOC1. The molecule has 16 heavy (non-hydrogen) atoms. The van der Waals surface area contributed by atoms with E-state index < -0.39 is 0 Å². The summed E-state index contributed by atoms with van der Waals surface area (Å²) in [5.41, 5.74) is -0.254. The first-order valence-electron chi connectivity index (χ1n) is 6.41. The molecule has 1 aliphatic heterocycles. The van der Waals surface area contributed by atoms with Gasteiger partial charge in [0.25, 0.3) is 0 Å². The highest BCUT2D eigenvalue weighted by atomic mass is 16.5. The van der Waals surface area contributed by atoms with Gasteiger partial charge in [-0.3, -0.25) is 0 Å². The lowest BCUT2D eigenvalue weighted by molar-refractivity contribution is -0.125. The molecule has 0 aromatic carbocycles. The molecule has 0 bridgehead atoms. The number of ether oxygens (including phenoxy) is 1. The standard InChI is InChI=1S/C13H25NO2/c1-4-12(5-2)14(3)9-13(10-15)7-6-8-16-11-13/h10,12H,4-9,11H2,1-3H3. The van der Waals surface area contributed by atoms with Crippen LogP contribution in [-0.2, 0) is 9.53 Å². The van der Waals surface area contributed by atoms with Crippen molar-refractivity contribution in [3.8, 4) is 0 Å². The summed E-state index contributed by atoms with van der Waals surface area (Å²) in [4.78, 5) is 13.6. The highest BCUT2D eigenvalue weighted by Gasteiger charge is 2.34. The minimum Gasteiger partial charge on any atom is -0.380 e. The molecule has 0 N–H and O–H groups in total. The van der Waals surface area contributed by atoms with E-state index in [2.05, 4.69) is 25.8 Å². The highest BCUT2D eigenvalue weighted by Crippen LogP contribution is 2.28. The van der Waals surface area contributed by atoms with Crippen molar-refractivity contribution in [2.45, 2.75) is 45.6 Å². The van der Waals surface area contributed by atoms with Crippen molar-refractivity contribution in [2.75, 3.05) is 26.8 Å². The Labute approximate surface area is 99.1 Å². The molecule has 0 saturated carbocycles. The summed E-state index contributed by atoms with van der Waals surface area (Å²) in [6.45, 7) is 6.65. The Hall–Kier alpha value is -0.410. The second-order valence-corrected chi connectivity index (χ2v) is 5.02. The van der Waals surface area contributed by atoms with Gasteiger partial charge in [-0.2, -0.15) is 0 Å². The molecule has 0 aromatic rings. The van der Waals surface area contributed by atoms with Crippen molar-refractivity contribution in [1.82, 2.24) is 4.90 Å². The molecule has 1 heterocycles. The Bertz CT molecular complexity index is 208. The molecule has 0 aromatic heterocycles. The van der Waals surface area contributed by atoms with Crippen LogP contribution < -0.4 is 0 Å². The van der Waals surface area contributed by atoms with Gasteiger partial charge in [0.15, 0.2) is 0 Å². The number of rotatable bonds is 6. The summed E-state index contributed by atoms with van der Waals surface area (Å²) in [6, 6.07) is 0.582. The van der Waals surface area contributed by atoms with Crippen LogP contribution >= 0.6 is 0 Å². The van der Waals surface area contributed by atoms with Crippen LogP contribution in [0.25, 0.3) is 0 Å². The van der Waals surface area contributed by atoms with E-state index in [1.807, 2.05) is 0 Å². The van der Waals surface area contributed by atoms with Gasteiger partial charge in [0.2, 0.25) is 0 Å². The molecule has 0 aliphatic carbocycles. The molecule has 0 radical (unpaired) electrons. The second kappa shape index (κ2) is 6.36. The van der Waals surface area contributed by atoms with Crippen LogP contribution in [0.5, 0.6) is 0 Å². The summed E-state index contributed by atoms with van der Waals surface area (Å²) >= 11 is 0. The van der Waals surface area contributed by atoms with Crippen LogP contribution in [0.15, 0.2) is 0 Å². The molecule has 3 nitrogen and oxygen atoms in total. The summed E-state index contributed by atoms with van der Waals surface area (Å²) in [5.74, 6) is 0. The minimum atomic E-state index is -0.254. The molecular formula is C13H25NO2. The molecule has 1 aliphatic rings. The summed E-state index contributed by atoms with van der Waals surface area (Å²) in [6.07, 6.45) is 5.38. The van der Waals surface area contributed by atoms with E-state index in [1.54, 1.807) is 0 Å². The molecular weight excluding hydrogens is 202 g/mol. The lowest BCUT2D eigenvalue weighted by Crippen LogP contribution is -2.46. The van der Waals surface area contributed by atoms with E-state index in [-0.39, 0.29) is 5.41 Å². The third-order valence-corrected chi connectivity index (χ3v) is 3.73. The lowest BCUT2D eigenvalue weighted by atomic mass is 9.83. The van der Waals surface area contributed by atoms with Gasteiger partial charge in [0, 0.05) is 19.2 Å². The monoisotopic (exact) mass is 227 g/mol. The van der Waals surface area contributed by atoms with E-state index in [4.69, 9.17) is 4.74 Å². The average Bonchev–Trinajstić information content (AvgIpc) is 2.32. The Morgan fingerprint density at radius 1 is 1.44 bits per heavy atom. The normalized spacial score (nSPS) is 26.3. The highest BCUT2D eigenvalue weighted by molar-refractivity contribution is 5.60. The van der Waals surface area contributed by atoms with Crippen molar-refractivity contribution in [2.24, 2.45) is 5.41 Å². The van der Waals surface area contributed by atoms with Crippen molar-refractivity contribution in [1.29, 1.82) is 0 Å². The number of hydrogen-bond acceptors (Lipinski definition) is 3. The van der Waals surface area contributed by atoms with E-state index in [1.165, 1.54) is 0 Å². The molecule has 0 spiro atoms. The fourth-order valence-electron chi connectivity index (χ4n) is 2.67. The predicted molar refractivity (Wildman–Crippen MR) is 65.6 cm³/mol. The molecule has 0 amide bonds. The number of hydrogen-bond donors (Lipinski definition) is 0. The number of nitrogens with zero attached hydrogens (tertiary/aromatic N) is 1. The smallest absolute Gasteiger partial charge is 0.129 e. The molecule has 3 heteroatoms. The van der Waals surface area contributed by atoms with Gasteiger partial charge in [-0.1, -0.05) is 13.8 Å². The Morgan fingerprint density at radius 2 is 2.12 bits per heavy atom. The number of carbonyl (C=O) groups excluding carboxylic acids is 1. The van der Waals surface area contributed by atoms with Crippen molar-refractivity contribution in [3.63, 3.8) is 0 Å². The first-order valence-corrected chi connectivity index (χ1v) is 6.41. The molecule has 1 fully saturated rings. The zero-order valence-electron chi connectivity index (χ0n) is 10.9. The fraction of sp³-hybridized carbons (Fsp3) is 0.923. The first-order chi connectivity index (χ1) is 7.67. The van der Waals surface area contributed by atoms with Gasteiger partial charge < -0.3 is 14.4 Å². The first kappa shape index (κ1) is 13.7. The molecule has 1 atom stereocenters. The Kier molecular flexibility index (Phi) is 5.42. The van der Waals surface area contributed by atoms with Gasteiger partial charge in [0.1, 0.15) is 6.29 Å². The van der Waals surface area contributed by atoms with E-state index in [0.29, 0.717) is 12.6 Å². The topological polar surface area (TPSA) is 29.5 Å². The van der Waals surface area contributed by atoms with Crippen LogP contribution in [0.4, 0.5) is 0 Å². The van der Waals surface area contributed by atoms with Crippen LogP contribution in [-0.4, -0.2) is 44.0 Å². The van der Waals surface area contributed by atoms with Gasteiger partial charge in [-0.05, 0) is 32.7 Å².